The molecule has 0 bridgehead atoms. The highest BCUT2D eigenvalue weighted by molar-refractivity contribution is 9.10. The third-order valence-corrected chi connectivity index (χ3v) is 4.12. The van der Waals surface area contributed by atoms with Crippen LogP contribution < -0.4 is 10.2 Å². The van der Waals surface area contributed by atoms with E-state index in [1.54, 1.807) is 4.90 Å². The smallest absolute Gasteiger partial charge is 0.308 e. The molecule has 0 saturated heterocycles. The molecule has 2 amide bonds. The standard InChI is InChI=1S/C20H17BrN2O/c21-17-11-13-18(14-12-17)22-20(24)23(19-9-5-2-6-10-19)15-16-7-3-1-4-8-16/h1-14H,15H2,(H,22,24). The van der Waals surface area contributed by atoms with E-state index < -0.39 is 0 Å². The van der Waals surface area contributed by atoms with Gasteiger partial charge in [0.1, 0.15) is 0 Å². The average Bonchev–Trinajstić information content (AvgIpc) is 2.63. The fourth-order valence-electron chi connectivity index (χ4n) is 2.38. The third kappa shape index (κ3) is 4.24. The second kappa shape index (κ2) is 7.79. The maximum atomic E-state index is 12.8. The van der Waals surface area contributed by atoms with Crippen LogP contribution in [0.4, 0.5) is 16.2 Å². The fraction of sp³-hybridized carbons (Fsp3) is 0.0500. The van der Waals surface area contributed by atoms with E-state index in [2.05, 4.69) is 21.2 Å². The first kappa shape index (κ1) is 16.3. The highest BCUT2D eigenvalue weighted by Crippen LogP contribution is 2.20. The number of carbonyl (C=O) groups excluding carboxylic acids is 1. The highest BCUT2D eigenvalue weighted by atomic mass is 79.9. The van der Waals surface area contributed by atoms with Crippen molar-refractivity contribution in [1.82, 2.24) is 0 Å². The molecule has 0 heterocycles. The molecule has 0 unspecified atom stereocenters. The zero-order valence-electron chi connectivity index (χ0n) is 13.0. The Morgan fingerprint density at radius 3 is 2.04 bits per heavy atom. The maximum absolute atomic E-state index is 12.8. The van der Waals surface area contributed by atoms with Crippen molar-refractivity contribution in [3.05, 3.63) is 95.0 Å². The van der Waals surface area contributed by atoms with E-state index in [4.69, 9.17) is 0 Å². The molecule has 0 aliphatic heterocycles. The molecule has 0 aromatic heterocycles. The monoisotopic (exact) mass is 380 g/mol. The molecular formula is C20H17BrN2O. The zero-order valence-corrected chi connectivity index (χ0v) is 14.6. The van der Waals surface area contributed by atoms with Crippen molar-refractivity contribution in [3.8, 4) is 0 Å². The van der Waals surface area contributed by atoms with Gasteiger partial charge in [-0.25, -0.2) is 4.79 Å². The molecule has 120 valence electrons. The van der Waals surface area contributed by atoms with Gasteiger partial charge < -0.3 is 5.32 Å². The second-order valence-electron chi connectivity index (χ2n) is 5.34. The third-order valence-electron chi connectivity index (χ3n) is 3.59. The van der Waals surface area contributed by atoms with Crippen molar-refractivity contribution in [1.29, 1.82) is 0 Å². The first-order chi connectivity index (χ1) is 11.7. The predicted molar refractivity (Wildman–Crippen MR) is 102 cm³/mol. The Morgan fingerprint density at radius 1 is 0.833 bits per heavy atom. The van der Waals surface area contributed by atoms with Gasteiger partial charge in [-0.05, 0) is 42.0 Å². The largest absolute Gasteiger partial charge is 0.326 e. The van der Waals surface area contributed by atoms with Crippen molar-refractivity contribution in [2.45, 2.75) is 6.54 Å². The van der Waals surface area contributed by atoms with Gasteiger partial charge in [0.2, 0.25) is 0 Å². The summed E-state index contributed by atoms with van der Waals surface area (Å²) in [6.07, 6.45) is 0. The summed E-state index contributed by atoms with van der Waals surface area (Å²) in [5.41, 5.74) is 2.69. The van der Waals surface area contributed by atoms with E-state index >= 15 is 0 Å². The SMILES string of the molecule is O=C(Nc1ccc(Br)cc1)N(Cc1ccccc1)c1ccccc1. The summed E-state index contributed by atoms with van der Waals surface area (Å²) in [6, 6.07) is 27.0. The number of hydrogen-bond donors (Lipinski definition) is 1. The van der Waals surface area contributed by atoms with Crippen LogP contribution in [0.25, 0.3) is 0 Å². The number of rotatable bonds is 4. The van der Waals surface area contributed by atoms with Crippen LogP contribution in [0.1, 0.15) is 5.56 Å². The Hall–Kier alpha value is -2.59. The van der Waals surface area contributed by atoms with E-state index in [1.165, 1.54) is 0 Å². The summed E-state index contributed by atoms with van der Waals surface area (Å²) in [4.78, 5) is 14.5. The molecule has 3 nitrogen and oxygen atoms in total. The van der Waals surface area contributed by atoms with Gasteiger partial charge in [0.25, 0.3) is 0 Å². The molecule has 1 N–H and O–H groups in total. The number of halogens is 1. The number of carbonyl (C=O) groups is 1. The minimum absolute atomic E-state index is 0.160. The number of para-hydroxylation sites is 1. The Kier molecular flexibility index (Phi) is 5.29. The first-order valence-electron chi connectivity index (χ1n) is 7.65. The molecule has 3 aromatic carbocycles. The number of benzene rings is 3. The molecule has 0 radical (unpaired) electrons. The van der Waals surface area contributed by atoms with Crippen molar-refractivity contribution in [2.75, 3.05) is 10.2 Å². The maximum Gasteiger partial charge on any atom is 0.326 e. The number of hydrogen-bond acceptors (Lipinski definition) is 1. The van der Waals surface area contributed by atoms with Gasteiger partial charge in [0.15, 0.2) is 0 Å². The van der Waals surface area contributed by atoms with Crippen molar-refractivity contribution in [3.63, 3.8) is 0 Å². The van der Waals surface area contributed by atoms with Gasteiger partial charge in [-0.3, -0.25) is 4.90 Å². The summed E-state index contributed by atoms with van der Waals surface area (Å²) in [7, 11) is 0. The Balaban J connectivity index is 1.83. The van der Waals surface area contributed by atoms with Crippen LogP contribution >= 0.6 is 15.9 Å². The van der Waals surface area contributed by atoms with E-state index in [9.17, 15) is 4.79 Å². The van der Waals surface area contributed by atoms with Crippen LogP contribution in [-0.4, -0.2) is 6.03 Å². The average molecular weight is 381 g/mol. The van der Waals surface area contributed by atoms with Gasteiger partial charge in [0.05, 0.1) is 6.54 Å². The van der Waals surface area contributed by atoms with Crippen LogP contribution in [0.5, 0.6) is 0 Å². The van der Waals surface area contributed by atoms with E-state index in [1.807, 2.05) is 84.9 Å². The Labute approximate surface area is 150 Å². The molecule has 24 heavy (non-hydrogen) atoms. The normalized spacial score (nSPS) is 10.2. The molecule has 0 fully saturated rings. The number of amides is 2. The summed E-state index contributed by atoms with van der Waals surface area (Å²) >= 11 is 3.40. The summed E-state index contributed by atoms with van der Waals surface area (Å²) < 4.78 is 0.977. The van der Waals surface area contributed by atoms with E-state index in [-0.39, 0.29) is 6.03 Å². The highest BCUT2D eigenvalue weighted by Gasteiger charge is 2.16. The van der Waals surface area contributed by atoms with Gasteiger partial charge in [-0.1, -0.05) is 64.5 Å². The van der Waals surface area contributed by atoms with Crippen molar-refractivity contribution in [2.24, 2.45) is 0 Å². The molecule has 0 aliphatic carbocycles. The van der Waals surface area contributed by atoms with Crippen LogP contribution in [0.15, 0.2) is 89.4 Å². The van der Waals surface area contributed by atoms with E-state index in [0.717, 1.165) is 21.4 Å². The summed E-state index contributed by atoms with van der Waals surface area (Å²) in [5.74, 6) is 0. The quantitative estimate of drug-likeness (QED) is 0.619. The lowest BCUT2D eigenvalue weighted by atomic mass is 10.2. The number of nitrogens with zero attached hydrogens (tertiary/aromatic N) is 1. The molecule has 0 spiro atoms. The number of nitrogens with one attached hydrogen (secondary N) is 1. The molecule has 3 aromatic rings. The van der Waals surface area contributed by atoms with Crippen LogP contribution in [0, 0.1) is 0 Å². The fourth-order valence-corrected chi connectivity index (χ4v) is 2.64. The Bertz CT molecular complexity index is 789. The van der Waals surface area contributed by atoms with Gasteiger partial charge in [-0.2, -0.15) is 0 Å². The van der Waals surface area contributed by atoms with Gasteiger partial charge in [-0.15, -0.1) is 0 Å². The molecule has 0 atom stereocenters. The summed E-state index contributed by atoms with van der Waals surface area (Å²) in [5, 5.41) is 2.95. The zero-order chi connectivity index (χ0) is 16.8. The predicted octanol–water partition coefficient (Wildman–Crippen LogP) is 5.69. The van der Waals surface area contributed by atoms with Crippen LogP contribution in [0.3, 0.4) is 0 Å². The van der Waals surface area contributed by atoms with Gasteiger partial charge >= 0.3 is 6.03 Å². The Morgan fingerprint density at radius 2 is 1.42 bits per heavy atom. The number of anilines is 2. The molecule has 4 heteroatoms. The lowest BCUT2D eigenvalue weighted by Crippen LogP contribution is -2.34. The molecular weight excluding hydrogens is 364 g/mol. The van der Waals surface area contributed by atoms with Crippen molar-refractivity contribution >= 4 is 33.3 Å². The van der Waals surface area contributed by atoms with Gasteiger partial charge in [0, 0.05) is 15.8 Å². The lowest BCUT2D eigenvalue weighted by Gasteiger charge is -2.23. The van der Waals surface area contributed by atoms with Crippen LogP contribution in [-0.2, 0) is 6.54 Å². The summed E-state index contributed by atoms with van der Waals surface area (Å²) in [6.45, 7) is 0.507. The van der Waals surface area contributed by atoms with Crippen molar-refractivity contribution < 1.29 is 4.79 Å². The first-order valence-corrected chi connectivity index (χ1v) is 8.45. The lowest BCUT2D eigenvalue weighted by molar-refractivity contribution is 0.256. The minimum Gasteiger partial charge on any atom is -0.308 e. The minimum atomic E-state index is -0.160. The number of urea groups is 1. The second-order valence-corrected chi connectivity index (χ2v) is 6.26. The van der Waals surface area contributed by atoms with Crippen LogP contribution in [0.2, 0.25) is 0 Å². The topological polar surface area (TPSA) is 32.3 Å². The molecule has 0 saturated carbocycles. The molecule has 0 aliphatic rings. The molecule has 3 rings (SSSR count). The van der Waals surface area contributed by atoms with E-state index in [0.29, 0.717) is 6.54 Å².